The van der Waals surface area contributed by atoms with E-state index in [0.29, 0.717) is 22.2 Å². The number of aromatic amines is 1. The van der Waals surface area contributed by atoms with E-state index in [0.717, 1.165) is 35.3 Å². The lowest BCUT2D eigenvalue weighted by atomic mass is 9.83. The maximum Gasteiger partial charge on any atom is 0.244 e. The molecule has 5 rings (SSSR count). The minimum absolute atomic E-state index is 0.0588. The van der Waals surface area contributed by atoms with Gasteiger partial charge in [0.05, 0.1) is 23.3 Å². The number of allylic oxidation sites excluding steroid dienone is 1. The molecular weight excluding hydrogens is 412 g/mol. The molecule has 7 heteroatoms. The van der Waals surface area contributed by atoms with E-state index in [1.807, 2.05) is 48.5 Å². The molecule has 2 aromatic carbocycles. The number of nitrogens with two attached hydrogens (primary N) is 1. The van der Waals surface area contributed by atoms with Gasteiger partial charge in [-0.3, -0.25) is 5.10 Å². The maximum atomic E-state index is 9.87. The van der Waals surface area contributed by atoms with Crippen LogP contribution in [0, 0.1) is 11.3 Å². The molecule has 1 atom stereocenters. The normalized spacial score (nSPS) is 18.4. The van der Waals surface area contributed by atoms with Gasteiger partial charge in [-0.05, 0) is 49.4 Å². The van der Waals surface area contributed by atoms with Gasteiger partial charge in [-0.15, -0.1) is 5.10 Å². The van der Waals surface area contributed by atoms with Crippen LogP contribution in [0.5, 0.6) is 11.6 Å². The van der Waals surface area contributed by atoms with Crippen LogP contribution in [-0.4, -0.2) is 16.3 Å². The highest BCUT2D eigenvalue weighted by Gasteiger charge is 2.36. The van der Waals surface area contributed by atoms with Gasteiger partial charge in [0.25, 0.3) is 0 Å². The molecule has 1 aromatic heterocycles. The number of ether oxygens (including phenoxy) is 2. The topological polar surface area (TPSA) is 97.0 Å². The summed E-state index contributed by atoms with van der Waals surface area (Å²) in [5, 5.41) is 17.8. The van der Waals surface area contributed by atoms with E-state index < -0.39 is 5.92 Å². The van der Waals surface area contributed by atoms with Crippen LogP contribution in [0.2, 0.25) is 5.02 Å². The Kier molecular flexibility index (Phi) is 5.05. The first kappa shape index (κ1) is 19.5. The Labute approximate surface area is 185 Å². The summed E-state index contributed by atoms with van der Waals surface area (Å²) in [4.78, 5) is 0. The Morgan fingerprint density at radius 3 is 2.58 bits per heavy atom. The molecule has 0 spiro atoms. The smallest absolute Gasteiger partial charge is 0.244 e. The number of nitriles is 1. The van der Waals surface area contributed by atoms with Crippen molar-refractivity contribution in [2.45, 2.75) is 37.7 Å². The SMILES string of the molecule is N#CC1=C(N)Oc2n[nH]c(-c3ccccc3Cl)c2C1c1ccc(OC2CCCC2)cc1. The Morgan fingerprint density at radius 2 is 1.87 bits per heavy atom. The summed E-state index contributed by atoms with van der Waals surface area (Å²) in [5.41, 5.74) is 9.55. The Balaban J connectivity index is 1.57. The quantitative estimate of drug-likeness (QED) is 0.585. The highest BCUT2D eigenvalue weighted by Crippen LogP contribution is 2.46. The van der Waals surface area contributed by atoms with Gasteiger partial charge in [0.2, 0.25) is 11.8 Å². The zero-order chi connectivity index (χ0) is 21.4. The third kappa shape index (κ3) is 3.51. The molecule has 1 aliphatic heterocycles. The van der Waals surface area contributed by atoms with E-state index in [1.54, 1.807) is 0 Å². The third-order valence-electron chi connectivity index (χ3n) is 5.90. The van der Waals surface area contributed by atoms with Gasteiger partial charge in [0.1, 0.15) is 17.4 Å². The summed E-state index contributed by atoms with van der Waals surface area (Å²) in [6.45, 7) is 0. The van der Waals surface area contributed by atoms with E-state index in [2.05, 4.69) is 16.3 Å². The second-order valence-electron chi connectivity index (χ2n) is 7.82. The summed E-state index contributed by atoms with van der Waals surface area (Å²) in [6.07, 6.45) is 4.91. The van der Waals surface area contributed by atoms with Crippen LogP contribution in [0.1, 0.15) is 42.7 Å². The van der Waals surface area contributed by atoms with Crippen LogP contribution < -0.4 is 15.2 Å². The van der Waals surface area contributed by atoms with Crippen molar-refractivity contribution in [1.29, 1.82) is 5.26 Å². The average Bonchev–Trinajstić information content (AvgIpc) is 3.44. The molecule has 1 fully saturated rings. The Morgan fingerprint density at radius 1 is 1.13 bits per heavy atom. The zero-order valence-electron chi connectivity index (χ0n) is 16.8. The average molecular weight is 433 g/mol. The van der Waals surface area contributed by atoms with Crippen molar-refractivity contribution >= 4 is 11.6 Å². The first-order valence-electron chi connectivity index (χ1n) is 10.3. The molecule has 3 N–H and O–H groups in total. The van der Waals surface area contributed by atoms with Crippen LogP contribution in [0.3, 0.4) is 0 Å². The number of H-pyrrole nitrogens is 1. The van der Waals surface area contributed by atoms with E-state index in [1.165, 1.54) is 12.8 Å². The first-order chi connectivity index (χ1) is 15.2. The molecule has 0 amide bonds. The van der Waals surface area contributed by atoms with Gasteiger partial charge >= 0.3 is 0 Å². The molecule has 0 radical (unpaired) electrons. The lowest BCUT2D eigenvalue weighted by Crippen LogP contribution is -2.21. The predicted octanol–water partition coefficient (Wildman–Crippen LogP) is 5.27. The van der Waals surface area contributed by atoms with E-state index in [-0.39, 0.29) is 12.0 Å². The maximum absolute atomic E-state index is 9.87. The van der Waals surface area contributed by atoms with E-state index in [4.69, 9.17) is 26.8 Å². The molecule has 1 unspecified atom stereocenters. The van der Waals surface area contributed by atoms with Crippen LogP contribution in [0.25, 0.3) is 11.3 Å². The summed E-state index contributed by atoms with van der Waals surface area (Å²) < 4.78 is 11.8. The Bertz CT molecular complexity index is 1190. The molecule has 2 heterocycles. The number of hydrogen-bond donors (Lipinski definition) is 2. The van der Waals surface area contributed by atoms with Crippen LogP contribution in [0.4, 0.5) is 0 Å². The number of fused-ring (bicyclic) bond motifs is 1. The molecule has 6 nitrogen and oxygen atoms in total. The van der Waals surface area contributed by atoms with Gasteiger partial charge in [0, 0.05) is 10.6 Å². The summed E-state index contributed by atoms with van der Waals surface area (Å²) >= 11 is 6.45. The van der Waals surface area contributed by atoms with Gasteiger partial charge in [-0.2, -0.15) is 5.26 Å². The van der Waals surface area contributed by atoms with Crippen LogP contribution in [0.15, 0.2) is 60.0 Å². The second-order valence-corrected chi connectivity index (χ2v) is 8.22. The van der Waals surface area contributed by atoms with Crippen molar-refractivity contribution < 1.29 is 9.47 Å². The Hall–Kier alpha value is -3.43. The first-order valence-corrected chi connectivity index (χ1v) is 10.7. The van der Waals surface area contributed by atoms with Gasteiger partial charge in [0.15, 0.2) is 0 Å². The highest BCUT2D eigenvalue weighted by atomic mass is 35.5. The van der Waals surface area contributed by atoms with Crippen LogP contribution in [-0.2, 0) is 0 Å². The molecular formula is C24H21ClN4O2. The molecule has 1 aliphatic carbocycles. The minimum atomic E-state index is -0.431. The van der Waals surface area contributed by atoms with Crippen LogP contribution >= 0.6 is 11.6 Å². The fraction of sp³-hybridized carbons (Fsp3) is 0.250. The minimum Gasteiger partial charge on any atom is -0.490 e. The van der Waals surface area contributed by atoms with Crippen molar-refractivity contribution in [2.75, 3.05) is 0 Å². The fourth-order valence-electron chi connectivity index (χ4n) is 4.39. The third-order valence-corrected chi connectivity index (χ3v) is 6.23. The summed E-state index contributed by atoms with van der Waals surface area (Å²) in [7, 11) is 0. The van der Waals surface area contributed by atoms with E-state index in [9.17, 15) is 5.26 Å². The summed E-state index contributed by atoms with van der Waals surface area (Å²) in [6, 6.07) is 17.5. The molecule has 1 saturated carbocycles. The number of nitrogens with zero attached hydrogens (tertiary/aromatic N) is 2. The van der Waals surface area contributed by atoms with Crippen molar-refractivity contribution in [3.63, 3.8) is 0 Å². The predicted molar refractivity (Wildman–Crippen MR) is 118 cm³/mol. The van der Waals surface area contributed by atoms with Crippen molar-refractivity contribution in [3.05, 3.63) is 76.1 Å². The molecule has 31 heavy (non-hydrogen) atoms. The van der Waals surface area contributed by atoms with Crippen molar-refractivity contribution in [1.82, 2.24) is 10.2 Å². The number of benzene rings is 2. The molecule has 3 aromatic rings. The molecule has 2 aliphatic rings. The number of nitrogens with one attached hydrogen (secondary N) is 1. The number of hydrogen-bond acceptors (Lipinski definition) is 5. The molecule has 0 bridgehead atoms. The van der Waals surface area contributed by atoms with Crippen molar-refractivity contribution in [3.8, 4) is 29.0 Å². The standard InChI is InChI=1S/C24H21ClN4O2/c25-19-8-4-3-7-17(19)22-21-20(18(13-26)23(27)31-24(21)29-28-22)14-9-11-16(12-10-14)30-15-5-1-2-6-15/h3-4,7-12,15,20H,1-2,5-6,27H2,(H,28,29). The van der Waals surface area contributed by atoms with Crippen molar-refractivity contribution in [2.24, 2.45) is 5.73 Å². The summed E-state index contributed by atoms with van der Waals surface area (Å²) in [5.74, 6) is 0.808. The lowest BCUT2D eigenvalue weighted by molar-refractivity contribution is 0.210. The van der Waals surface area contributed by atoms with Gasteiger partial charge < -0.3 is 15.2 Å². The molecule has 156 valence electrons. The second kappa shape index (κ2) is 8.01. The largest absolute Gasteiger partial charge is 0.490 e. The lowest BCUT2D eigenvalue weighted by Gasteiger charge is -2.24. The fourth-order valence-corrected chi connectivity index (χ4v) is 4.62. The highest BCUT2D eigenvalue weighted by molar-refractivity contribution is 6.33. The number of halogens is 1. The monoisotopic (exact) mass is 432 g/mol. The van der Waals surface area contributed by atoms with Gasteiger partial charge in [-0.25, -0.2) is 0 Å². The van der Waals surface area contributed by atoms with E-state index >= 15 is 0 Å². The zero-order valence-corrected chi connectivity index (χ0v) is 17.5. The number of aromatic nitrogens is 2. The number of rotatable bonds is 4. The van der Waals surface area contributed by atoms with Gasteiger partial charge in [-0.1, -0.05) is 41.9 Å². The molecule has 0 saturated heterocycles.